The molecule has 1 amide bonds. The van der Waals surface area contributed by atoms with Crippen molar-refractivity contribution < 1.29 is 14.3 Å². The van der Waals surface area contributed by atoms with Crippen molar-refractivity contribution >= 4 is 12.6 Å². The lowest BCUT2D eigenvalue weighted by molar-refractivity contribution is -0.109. The summed E-state index contributed by atoms with van der Waals surface area (Å²) < 4.78 is 10.5. The van der Waals surface area contributed by atoms with E-state index in [9.17, 15) is 4.79 Å². The highest BCUT2D eigenvalue weighted by molar-refractivity contribution is 5.81. The Labute approximate surface area is 94.1 Å². The predicted octanol–water partition coefficient (Wildman–Crippen LogP) is 1.17. The Kier molecular flexibility index (Phi) is 4.85. The average molecular weight is 222 g/mol. The average Bonchev–Trinajstić information content (AvgIpc) is 2.31. The van der Waals surface area contributed by atoms with Gasteiger partial charge in [-0.3, -0.25) is 4.79 Å². The summed E-state index contributed by atoms with van der Waals surface area (Å²) in [5, 5.41) is 3.67. The third-order valence-corrected chi connectivity index (χ3v) is 1.83. The topological polar surface area (TPSA) is 59.9 Å². The van der Waals surface area contributed by atoms with Crippen molar-refractivity contribution in [2.45, 2.75) is 6.92 Å². The number of rotatable bonds is 6. The fraction of sp³-hybridized carbons (Fsp3) is 0.273. The Hall–Kier alpha value is -2.04. The molecule has 1 aromatic rings. The fourth-order valence-electron chi connectivity index (χ4n) is 1.18. The molecule has 86 valence electrons. The number of carbonyl (C=O) groups excluding carboxylic acids is 1. The molecular formula is C11H14N2O3. The van der Waals surface area contributed by atoms with Gasteiger partial charge in [-0.25, -0.2) is 5.43 Å². The molecule has 1 N–H and O–H groups in total. The van der Waals surface area contributed by atoms with Crippen LogP contribution in [0.4, 0.5) is 0 Å². The summed E-state index contributed by atoms with van der Waals surface area (Å²) in [5.74, 6) is 1.32. The first-order valence-electron chi connectivity index (χ1n) is 4.85. The lowest BCUT2D eigenvalue weighted by atomic mass is 10.2. The number of hydrogen-bond acceptors (Lipinski definition) is 4. The summed E-state index contributed by atoms with van der Waals surface area (Å²) in [7, 11) is 1.57. The second-order valence-electron chi connectivity index (χ2n) is 2.85. The van der Waals surface area contributed by atoms with Gasteiger partial charge in [0, 0.05) is 0 Å². The Morgan fingerprint density at radius 3 is 2.88 bits per heavy atom. The molecule has 0 saturated carbocycles. The maximum absolute atomic E-state index is 9.99. The van der Waals surface area contributed by atoms with Crippen molar-refractivity contribution in [3.05, 3.63) is 23.8 Å². The van der Waals surface area contributed by atoms with Crippen LogP contribution in [0.3, 0.4) is 0 Å². The van der Waals surface area contributed by atoms with E-state index < -0.39 is 0 Å². The van der Waals surface area contributed by atoms with Crippen LogP contribution in [0.15, 0.2) is 23.3 Å². The van der Waals surface area contributed by atoms with Gasteiger partial charge in [0.2, 0.25) is 6.41 Å². The van der Waals surface area contributed by atoms with E-state index in [0.29, 0.717) is 24.5 Å². The second kappa shape index (κ2) is 6.44. The van der Waals surface area contributed by atoms with Gasteiger partial charge in [0.05, 0.1) is 19.9 Å². The molecule has 0 fully saturated rings. The monoisotopic (exact) mass is 222 g/mol. The van der Waals surface area contributed by atoms with Crippen molar-refractivity contribution in [3.8, 4) is 11.5 Å². The molecule has 0 aliphatic heterocycles. The van der Waals surface area contributed by atoms with Crippen molar-refractivity contribution in [1.82, 2.24) is 5.43 Å². The second-order valence-corrected chi connectivity index (χ2v) is 2.85. The van der Waals surface area contributed by atoms with Crippen LogP contribution in [-0.2, 0) is 4.79 Å². The molecule has 16 heavy (non-hydrogen) atoms. The van der Waals surface area contributed by atoms with Crippen molar-refractivity contribution in [2.24, 2.45) is 5.10 Å². The van der Waals surface area contributed by atoms with Crippen LogP contribution in [0.1, 0.15) is 12.5 Å². The van der Waals surface area contributed by atoms with E-state index in [0.717, 1.165) is 5.56 Å². The molecule has 1 rings (SSSR count). The SMILES string of the molecule is CCOc1ccc(/C=N/NC=O)cc1OC. The molecule has 0 atom stereocenters. The number of hydrazone groups is 1. The maximum Gasteiger partial charge on any atom is 0.227 e. The maximum atomic E-state index is 9.99. The quantitative estimate of drug-likeness (QED) is 0.446. The largest absolute Gasteiger partial charge is 0.493 e. The number of carbonyl (C=O) groups is 1. The molecule has 0 heterocycles. The van der Waals surface area contributed by atoms with E-state index in [1.165, 1.54) is 6.21 Å². The van der Waals surface area contributed by atoms with E-state index >= 15 is 0 Å². The van der Waals surface area contributed by atoms with Gasteiger partial charge in [-0.15, -0.1) is 0 Å². The Morgan fingerprint density at radius 1 is 1.44 bits per heavy atom. The van der Waals surface area contributed by atoms with Gasteiger partial charge in [0.25, 0.3) is 0 Å². The molecule has 0 spiro atoms. The molecule has 1 aromatic carbocycles. The van der Waals surface area contributed by atoms with Crippen LogP contribution < -0.4 is 14.9 Å². The summed E-state index contributed by atoms with van der Waals surface area (Å²) in [4.78, 5) is 9.99. The molecular weight excluding hydrogens is 208 g/mol. The lowest BCUT2D eigenvalue weighted by Gasteiger charge is -2.09. The standard InChI is InChI=1S/C11H14N2O3/c1-3-16-10-5-4-9(6-11(10)15-2)7-12-13-8-14/h4-8H,3H2,1-2H3,(H,13,14)/b12-7+. The van der Waals surface area contributed by atoms with Crippen LogP contribution in [0.2, 0.25) is 0 Å². The van der Waals surface area contributed by atoms with Gasteiger partial charge in [0.1, 0.15) is 0 Å². The summed E-state index contributed by atoms with van der Waals surface area (Å²) in [6.45, 7) is 2.49. The molecule has 0 aliphatic rings. The molecule has 5 heteroatoms. The Morgan fingerprint density at radius 2 is 2.25 bits per heavy atom. The third kappa shape index (κ3) is 3.27. The van der Waals surface area contributed by atoms with E-state index in [1.54, 1.807) is 19.2 Å². The van der Waals surface area contributed by atoms with Gasteiger partial charge >= 0.3 is 0 Å². The van der Waals surface area contributed by atoms with Gasteiger partial charge in [-0.2, -0.15) is 5.10 Å². The predicted molar refractivity (Wildman–Crippen MR) is 61.0 cm³/mol. The van der Waals surface area contributed by atoms with E-state index in [4.69, 9.17) is 9.47 Å². The van der Waals surface area contributed by atoms with Gasteiger partial charge < -0.3 is 9.47 Å². The third-order valence-electron chi connectivity index (χ3n) is 1.83. The number of nitrogens with one attached hydrogen (secondary N) is 1. The molecule has 0 saturated heterocycles. The van der Waals surface area contributed by atoms with Crippen LogP contribution in [0.5, 0.6) is 11.5 Å². The highest BCUT2D eigenvalue weighted by Crippen LogP contribution is 2.27. The number of methoxy groups -OCH3 is 1. The van der Waals surface area contributed by atoms with E-state index in [1.807, 2.05) is 13.0 Å². The van der Waals surface area contributed by atoms with Gasteiger partial charge in [-0.1, -0.05) is 0 Å². The zero-order chi connectivity index (χ0) is 11.8. The molecule has 5 nitrogen and oxygen atoms in total. The fourth-order valence-corrected chi connectivity index (χ4v) is 1.18. The summed E-state index contributed by atoms with van der Waals surface area (Å²) in [6, 6.07) is 5.40. The number of benzene rings is 1. The summed E-state index contributed by atoms with van der Waals surface area (Å²) >= 11 is 0. The number of hydrogen-bond donors (Lipinski definition) is 1. The molecule has 0 radical (unpaired) electrons. The van der Waals surface area contributed by atoms with Crippen LogP contribution in [-0.4, -0.2) is 26.3 Å². The van der Waals surface area contributed by atoms with E-state index in [-0.39, 0.29) is 0 Å². The number of ether oxygens (including phenoxy) is 2. The first-order valence-corrected chi connectivity index (χ1v) is 4.85. The van der Waals surface area contributed by atoms with Crippen molar-refractivity contribution in [1.29, 1.82) is 0 Å². The number of nitrogens with zero attached hydrogens (tertiary/aromatic N) is 1. The molecule has 0 aliphatic carbocycles. The first kappa shape index (κ1) is 12.0. The highest BCUT2D eigenvalue weighted by atomic mass is 16.5. The zero-order valence-electron chi connectivity index (χ0n) is 9.27. The van der Waals surface area contributed by atoms with Crippen LogP contribution in [0.25, 0.3) is 0 Å². The minimum Gasteiger partial charge on any atom is -0.493 e. The summed E-state index contributed by atoms with van der Waals surface area (Å²) in [5.41, 5.74) is 3.01. The number of amides is 1. The van der Waals surface area contributed by atoms with Crippen molar-refractivity contribution in [3.63, 3.8) is 0 Å². The Bertz CT molecular complexity index is 377. The lowest BCUT2D eigenvalue weighted by Crippen LogP contribution is -2.01. The van der Waals surface area contributed by atoms with Crippen molar-refractivity contribution in [2.75, 3.05) is 13.7 Å². The Balaban J connectivity index is 2.85. The smallest absolute Gasteiger partial charge is 0.227 e. The highest BCUT2D eigenvalue weighted by Gasteiger charge is 2.03. The first-order chi connectivity index (χ1) is 7.81. The van der Waals surface area contributed by atoms with E-state index in [2.05, 4.69) is 10.5 Å². The minimum absolute atomic E-state index is 0.502. The molecule has 0 unspecified atom stereocenters. The molecule has 0 bridgehead atoms. The van der Waals surface area contributed by atoms with Gasteiger partial charge in [-0.05, 0) is 30.7 Å². The zero-order valence-corrected chi connectivity index (χ0v) is 9.27. The minimum atomic E-state index is 0.502. The summed E-state index contributed by atoms with van der Waals surface area (Å²) in [6.07, 6.45) is 2.02. The van der Waals surface area contributed by atoms with Crippen LogP contribution >= 0.6 is 0 Å². The van der Waals surface area contributed by atoms with Gasteiger partial charge in [0.15, 0.2) is 11.5 Å². The van der Waals surface area contributed by atoms with Crippen LogP contribution in [0, 0.1) is 0 Å². The normalized spacial score (nSPS) is 10.1. The molecule has 0 aromatic heterocycles.